The van der Waals surface area contributed by atoms with E-state index < -0.39 is 11.8 Å². The second kappa shape index (κ2) is 13.0. The number of ether oxygens (including phenoxy) is 2. The molecule has 3 saturated heterocycles. The zero-order valence-electron chi connectivity index (χ0n) is 25.0. The van der Waals surface area contributed by atoms with Gasteiger partial charge < -0.3 is 24.6 Å². The molecule has 2 aromatic rings. The number of hydrogen-bond donors (Lipinski definition) is 1. The van der Waals surface area contributed by atoms with Crippen LogP contribution < -0.4 is 5.32 Å². The summed E-state index contributed by atoms with van der Waals surface area (Å²) >= 11 is 0. The molecule has 41 heavy (non-hydrogen) atoms. The highest BCUT2D eigenvalue weighted by atomic mass is 19.1. The number of rotatable bonds is 10. The number of fused-ring (bicyclic) bond motifs is 1. The molecule has 2 aromatic heterocycles. The van der Waals surface area contributed by atoms with Gasteiger partial charge in [0.05, 0.1) is 6.20 Å². The van der Waals surface area contributed by atoms with Gasteiger partial charge >= 0.3 is 6.09 Å². The fourth-order valence-electron chi connectivity index (χ4n) is 5.89. The fourth-order valence-corrected chi connectivity index (χ4v) is 5.89. The van der Waals surface area contributed by atoms with Crippen LogP contribution in [0, 0.1) is 0 Å². The first-order valence-electron chi connectivity index (χ1n) is 15.1. The number of aromatic nitrogens is 3. The van der Waals surface area contributed by atoms with Crippen molar-refractivity contribution < 1.29 is 18.7 Å². The van der Waals surface area contributed by atoms with E-state index in [4.69, 9.17) is 14.5 Å². The molecule has 0 saturated carbocycles. The molecule has 0 aromatic carbocycles. The first kappa shape index (κ1) is 29.7. The molecular weight excluding hydrogens is 525 g/mol. The number of alkyl halides is 1. The van der Waals surface area contributed by atoms with E-state index in [0.29, 0.717) is 44.6 Å². The minimum absolute atomic E-state index is 0.187. The second-order valence-corrected chi connectivity index (χ2v) is 12.5. The van der Waals surface area contributed by atoms with Crippen LogP contribution in [-0.2, 0) is 9.47 Å². The monoisotopic (exact) mass is 571 g/mol. The molecule has 5 heterocycles. The predicted molar refractivity (Wildman–Crippen MR) is 157 cm³/mol. The summed E-state index contributed by atoms with van der Waals surface area (Å²) in [7, 11) is 4.03. The van der Waals surface area contributed by atoms with Crippen LogP contribution in [0.5, 0.6) is 0 Å². The van der Waals surface area contributed by atoms with Crippen molar-refractivity contribution in [2.75, 3.05) is 78.5 Å². The van der Waals surface area contributed by atoms with Gasteiger partial charge in [0.15, 0.2) is 11.3 Å². The quantitative estimate of drug-likeness (QED) is 0.430. The van der Waals surface area contributed by atoms with Crippen LogP contribution in [0.2, 0.25) is 0 Å². The number of halogens is 1. The molecule has 0 radical (unpaired) electrons. The van der Waals surface area contributed by atoms with Crippen molar-refractivity contribution in [2.24, 2.45) is 0 Å². The lowest BCUT2D eigenvalue weighted by atomic mass is 9.96. The topological polar surface area (TPSA) is 87.5 Å². The van der Waals surface area contributed by atoms with Crippen LogP contribution in [0.3, 0.4) is 0 Å². The maximum Gasteiger partial charge on any atom is 0.409 e. The Balaban J connectivity index is 1.12. The second-order valence-electron chi connectivity index (χ2n) is 12.5. The Labute approximate surface area is 242 Å². The van der Waals surface area contributed by atoms with Gasteiger partial charge in [-0.05, 0) is 45.7 Å². The molecule has 1 amide bonds. The van der Waals surface area contributed by atoms with E-state index in [2.05, 4.69) is 47.4 Å². The molecule has 226 valence electrons. The predicted octanol–water partition coefficient (Wildman–Crippen LogP) is 3.90. The number of carbonyl (C=O) groups excluding carboxylic acids is 1. The van der Waals surface area contributed by atoms with Gasteiger partial charge in [0, 0.05) is 81.8 Å². The highest BCUT2D eigenvalue weighted by Gasteiger charge is 2.44. The molecule has 11 heteroatoms. The highest BCUT2D eigenvalue weighted by Crippen LogP contribution is 2.31. The van der Waals surface area contributed by atoms with Gasteiger partial charge in [-0.15, -0.1) is 0 Å². The van der Waals surface area contributed by atoms with Gasteiger partial charge in [-0.3, -0.25) is 4.90 Å². The zero-order valence-corrected chi connectivity index (χ0v) is 25.0. The molecule has 1 N–H and O–H groups in total. The van der Waals surface area contributed by atoms with Crippen molar-refractivity contribution in [1.82, 2.24) is 29.3 Å². The van der Waals surface area contributed by atoms with Crippen molar-refractivity contribution in [3.05, 3.63) is 35.7 Å². The summed E-state index contributed by atoms with van der Waals surface area (Å²) in [5, 5.41) is 8.36. The van der Waals surface area contributed by atoms with E-state index in [1.54, 1.807) is 4.90 Å². The van der Waals surface area contributed by atoms with E-state index in [-0.39, 0.29) is 12.6 Å². The van der Waals surface area contributed by atoms with E-state index in [1.165, 1.54) is 0 Å². The van der Waals surface area contributed by atoms with Crippen LogP contribution in [0.25, 0.3) is 5.65 Å². The molecule has 3 fully saturated rings. The van der Waals surface area contributed by atoms with E-state index >= 15 is 0 Å². The fraction of sp³-hybridized carbons (Fsp3) is 0.700. The first-order chi connectivity index (χ1) is 19.7. The van der Waals surface area contributed by atoms with Crippen molar-refractivity contribution in [3.8, 4) is 0 Å². The van der Waals surface area contributed by atoms with Crippen molar-refractivity contribution in [2.45, 2.75) is 63.1 Å². The average molecular weight is 572 g/mol. The van der Waals surface area contributed by atoms with Crippen LogP contribution in [0.4, 0.5) is 15.0 Å². The number of likely N-dealkylation sites (N-methyl/N-ethyl adjacent to an activating group) is 1. The van der Waals surface area contributed by atoms with Crippen molar-refractivity contribution in [1.29, 1.82) is 0 Å². The summed E-state index contributed by atoms with van der Waals surface area (Å²) in [4.78, 5) is 23.6. The lowest BCUT2D eigenvalue weighted by molar-refractivity contribution is -0.0692. The molecule has 10 nitrogen and oxygen atoms in total. The number of likely N-dealkylation sites (tertiary alicyclic amines) is 2. The smallest absolute Gasteiger partial charge is 0.409 e. The summed E-state index contributed by atoms with van der Waals surface area (Å²) in [6.07, 6.45) is 9.13. The number of anilines is 1. The minimum Gasteiger partial charge on any atom is -0.446 e. The molecular formula is C30H46FN7O3. The average Bonchev–Trinajstić information content (AvgIpc) is 3.39. The minimum atomic E-state index is -1.46. The molecule has 0 spiro atoms. The molecule has 0 atom stereocenters. The van der Waals surface area contributed by atoms with Gasteiger partial charge in [-0.1, -0.05) is 26.0 Å². The van der Waals surface area contributed by atoms with Crippen LogP contribution in [-0.4, -0.2) is 120 Å². The summed E-state index contributed by atoms with van der Waals surface area (Å²) in [5.74, 6) is 1.64. The van der Waals surface area contributed by atoms with E-state index in [0.717, 1.165) is 68.2 Å². The highest BCUT2D eigenvalue weighted by molar-refractivity contribution is 5.68. The number of hydrogen-bond acceptors (Lipinski definition) is 8. The Hall–Kier alpha value is -2.76. The SMILES string of the molecule is CC(C)c1cnn2c(NC3CCN(C(=O)OCC4(F)CN(C/C=C/CN(C)C)C4)CC3)cc(C3CCOCC3)nc12. The third kappa shape index (κ3) is 7.37. The standard InChI is InChI=1S/C30H46FN7O3/c1-22(2)25-18-32-38-27(17-26(34-28(25)38)23-9-15-40-16-10-23)33-24-7-13-37(14-8-24)29(39)41-21-30(31)19-36(20-30)12-6-5-11-35(3)4/h5-6,17-18,22-24,33H,7-16,19-21H2,1-4H3/b6-5+. The zero-order chi connectivity index (χ0) is 29.0. The van der Waals surface area contributed by atoms with Crippen LogP contribution in [0.1, 0.15) is 62.6 Å². The lowest BCUT2D eigenvalue weighted by Gasteiger charge is -2.43. The van der Waals surface area contributed by atoms with Gasteiger partial charge in [0.1, 0.15) is 12.4 Å². The summed E-state index contributed by atoms with van der Waals surface area (Å²) in [6, 6.07) is 2.33. The van der Waals surface area contributed by atoms with Crippen molar-refractivity contribution in [3.63, 3.8) is 0 Å². The Morgan fingerprint density at radius 2 is 1.95 bits per heavy atom. The molecule has 5 rings (SSSR count). The Morgan fingerprint density at radius 1 is 1.22 bits per heavy atom. The van der Waals surface area contributed by atoms with Gasteiger partial charge in [-0.25, -0.2) is 14.2 Å². The largest absolute Gasteiger partial charge is 0.446 e. The Morgan fingerprint density at radius 3 is 2.63 bits per heavy atom. The molecule has 3 aliphatic heterocycles. The number of carbonyl (C=O) groups is 1. The lowest BCUT2D eigenvalue weighted by Crippen LogP contribution is -2.61. The van der Waals surface area contributed by atoms with Gasteiger partial charge in [0.25, 0.3) is 0 Å². The van der Waals surface area contributed by atoms with Gasteiger partial charge in [-0.2, -0.15) is 9.61 Å². The van der Waals surface area contributed by atoms with E-state index in [9.17, 15) is 9.18 Å². The molecule has 0 bridgehead atoms. The van der Waals surface area contributed by atoms with Crippen LogP contribution in [0.15, 0.2) is 24.4 Å². The third-order valence-corrected chi connectivity index (χ3v) is 8.35. The number of piperidine rings is 1. The number of nitrogens with one attached hydrogen (secondary N) is 1. The Bertz CT molecular complexity index is 1200. The van der Waals surface area contributed by atoms with Gasteiger partial charge in [0.2, 0.25) is 0 Å². The molecule has 0 aliphatic carbocycles. The summed E-state index contributed by atoms with van der Waals surface area (Å²) in [6.45, 7) is 8.97. The maximum atomic E-state index is 15.0. The summed E-state index contributed by atoms with van der Waals surface area (Å²) in [5.41, 5.74) is 1.68. The van der Waals surface area contributed by atoms with Crippen molar-refractivity contribution >= 4 is 17.6 Å². The molecule has 0 unspecified atom stereocenters. The first-order valence-corrected chi connectivity index (χ1v) is 15.1. The maximum absolute atomic E-state index is 15.0. The number of nitrogens with zero attached hydrogens (tertiary/aromatic N) is 6. The van der Waals surface area contributed by atoms with Crippen LogP contribution >= 0.6 is 0 Å². The molecule has 3 aliphatic rings. The number of amides is 1. The Kier molecular flexibility index (Phi) is 9.45. The van der Waals surface area contributed by atoms with E-state index in [1.807, 2.05) is 29.7 Å². The summed E-state index contributed by atoms with van der Waals surface area (Å²) < 4.78 is 27.9. The normalized spacial score (nSPS) is 20.8. The third-order valence-electron chi connectivity index (χ3n) is 8.35.